The topological polar surface area (TPSA) is 173 Å². The van der Waals surface area contributed by atoms with Gasteiger partial charge in [-0.25, -0.2) is 18.2 Å². The van der Waals surface area contributed by atoms with Crippen molar-refractivity contribution < 1.29 is 37.1 Å². The summed E-state index contributed by atoms with van der Waals surface area (Å²) in [7, 11) is -3.89. The van der Waals surface area contributed by atoms with Crippen LogP contribution in [0.1, 0.15) is 72.8 Å². The predicted molar refractivity (Wildman–Crippen MR) is 183 cm³/mol. The summed E-state index contributed by atoms with van der Waals surface area (Å²) in [5, 5.41) is 6.53. The number of aryl methyl sites for hydroxylation is 1. The van der Waals surface area contributed by atoms with Gasteiger partial charge >= 0.3 is 6.09 Å². The van der Waals surface area contributed by atoms with Gasteiger partial charge in [-0.15, -0.1) is 6.58 Å². The molecule has 2 heterocycles. The fraction of sp³-hybridized carbons (Fsp3) is 0.571. The molecular formula is C35H47N5O8S. The van der Waals surface area contributed by atoms with Crippen molar-refractivity contribution in [3.63, 3.8) is 0 Å². The molecule has 0 radical (unpaired) electrons. The zero-order valence-corrected chi connectivity index (χ0v) is 30.0. The Morgan fingerprint density at radius 1 is 1.10 bits per heavy atom. The standard InChI is InChI=1S/C35H47N5O8S/c1-9-22-18-35(22,31(43)39-49(45,46)24-12-13-24)38-28(41)26-17-23(47-29-25-16-20(2)10-11-21(25)14-15-36-29)19-40(26)30(42)27(33(3,4)5)37-32(44)48-34(6,7)8/h9-11,14-16,22-24,26-27H,1,12-13,17-19H2,2-8H3,(H,37,44)(H,38,41)(H,39,43)/t22-,23-,26-,27-,35-/m1/s1. The number of aromatic nitrogens is 1. The van der Waals surface area contributed by atoms with E-state index < -0.39 is 79.7 Å². The predicted octanol–water partition coefficient (Wildman–Crippen LogP) is 3.50. The summed E-state index contributed by atoms with van der Waals surface area (Å²) in [4.78, 5) is 60.7. The molecular weight excluding hydrogens is 650 g/mol. The zero-order chi connectivity index (χ0) is 36.1. The summed E-state index contributed by atoms with van der Waals surface area (Å²) in [6.45, 7) is 16.2. The molecule has 5 rings (SSSR count). The maximum atomic E-state index is 14.4. The Bertz CT molecular complexity index is 1780. The second-order valence-corrected chi connectivity index (χ2v) is 17.4. The van der Waals surface area contributed by atoms with E-state index in [0.717, 1.165) is 16.3 Å². The molecule has 5 atom stereocenters. The number of carbonyl (C=O) groups excluding carboxylic acids is 4. The fourth-order valence-electron chi connectivity index (χ4n) is 6.14. The van der Waals surface area contributed by atoms with E-state index in [1.807, 2.05) is 31.2 Å². The number of alkyl carbamates (subject to hydrolysis) is 1. The molecule has 0 spiro atoms. The van der Waals surface area contributed by atoms with Crippen molar-refractivity contribution in [1.29, 1.82) is 0 Å². The lowest BCUT2D eigenvalue weighted by molar-refractivity contribution is -0.143. The number of nitrogens with one attached hydrogen (secondary N) is 3. The van der Waals surface area contributed by atoms with Crippen LogP contribution in [0.15, 0.2) is 43.1 Å². The summed E-state index contributed by atoms with van der Waals surface area (Å²) < 4.78 is 39.3. The highest BCUT2D eigenvalue weighted by Crippen LogP contribution is 2.45. The highest BCUT2D eigenvalue weighted by Gasteiger charge is 2.62. The average Bonchev–Trinajstić information content (AvgIpc) is 3.91. The van der Waals surface area contributed by atoms with Gasteiger partial charge in [0.15, 0.2) is 0 Å². The van der Waals surface area contributed by atoms with Crippen LogP contribution in [0.4, 0.5) is 4.79 Å². The minimum absolute atomic E-state index is 0.0243. The molecule has 1 aliphatic heterocycles. The van der Waals surface area contributed by atoms with Gasteiger partial charge in [-0.2, -0.15) is 0 Å². The monoisotopic (exact) mass is 697 g/mol. The maximum Gasteiger partial charge on any atom is 0.408 e. The number of nitrogens with zero attached hydrogens (tertiary/aromatic N) is 2. The molecule has 2 aliphatic carbocycles. The summed E-state index contributed by atoms with van der Waals surface area (Å²) in [5.41, 5.74) is -2.16. The molecule has 13 nitrogen and oxygen atoms in total. The number of fused-ring (bicyclic) bond motifs is 1. The van der Waals surface area contributed by atoms with Gasteiger partial charge in [-0.3, -0.25) is 19.1 Å². The minimum Gasteiger partial charge on any atom is -0.472 e. The van der Waals surface area contributed by atoms with Crippen molar-refractivity contribution in [3.8, 4) is 5.88 Å². The number of likely N-dealkylation sites (tertiary alicyclic amines) is 1. The van der Waals surface area contributed by atoms with Crippen LogP contribution >= 0.6 is 0 Å². The van der Waals surface area contributed by atoms with Gasteiger partial charge in [0.2, 0.25) is 27.7 Å². The van der Waals surface area contributed by atoms with Crippen LogP contribution < -0.4 is 20.1 Å². The third-order valence-corrected chi connectivity index (χ3v) is 10.9. The molecule has 3 fully saturated rings. The van der Waals surface area contributed by atoms with Gasteiger partial charge in [0.25, 0.3) is 5.91 Å². The van der Waals surface area contributed by atoms with Crippen LogP contribution in [0, 0.1) is 18.3 Å². The number of amides is 4. The Morgan fingerprint density at radius 3 is 2.39 bits per heavy atom. The highest BCUT2D eigenvalue weighted by molar-refractivity contribution is 7.91. The minimum atomic E-state index is -3.89. The van der Waals surface area contributed by atoms with Crippen LogP contribution in [-0.2, 0) is 29.1 Å². The number of carbonyl (C=O) groups is 4. The molecule has 0 bridgehead atoms. The molecule has 49 heavy (non-hydrogen) atoms. The molecule has 1 aromatic carbocycles. The van der Waals surface area contributed by atoms with E-state index >= 15 is 0 Å². The van der Waals surface area contributed by atoms with Crippen molar-refractivity contribution in [2.45, 2.75) is 109 Å². The van der Waals surface area contributed by atoms with Gasteiger partial charge in [0.1, 0.15) is 29.3 Å². The van der Waals surface area contributed by atoms with Gasteiger partial charge in [0, 0.05) is 23.9 Å². The molecule has 1 saturated heterocycles. The Hall–Kier alpha value is -4.20. The van der Waals surface area contributed by atoms with Crippen molar-refractivity contribution in [1.82, 2.24) is 25.2 Å². The number of hydrogen-bond donors (Lipinski definition) is 3. The maximum absolute atomic E-state index is 14.4. The largest absolute Gasteiger partial charge is 0.472 e. The number of sulfonamides is 1. The summed E-state index contributed by atoms with van der Waals surface area (Å²) in [6.07, 6.45) is 2.77. The molecule has 1 aromatic heterocycles. The molecule has 3 aliphatic rings. The van der Waals surface area contributed by atoms with E-state index in [9.17, 15) is 27.6 Å². The van der Waals surface area contributed by atoms with Gasteiger partial charge in [-0.05, 0) is 69.9 Å². The van der Waals surface area contributed by atoms with E-state index in [1.165, 1.54) is 11.0 Å². The Morgan fingerprint density at radius 2 is 1.80 bits per heavy atom. The van der Waals surface area contributed by atoms with E-state index in [0.29, 0.717) is 18.7 Å². The smallest absolute Gasteiger partial charge is 0.408 e. The average molecular weight is 698 g/mol. The third kappa shape index (κ3) is 8.00. The van der Waals surface area contributed by atoms with Crippen molar-refractivity contribution in [2.75, 3.05) is 6.54 Å². The van der Waals surface area contributed by atoms with E-state index in [4.69, 9.17) is 9.47 Å². The first-order valence-corrected chi connectivity index (χ1v) is 18.1. The number of ether oxygens (including phenoxy) is 2. The molecule has 266 valence electrons. The van der Waals surface area contributed by atoms with Crippen molar-refractivity contribution >= 4 is 44.6 Å². The first-order valence-electron chi connectivity index (χ1n) is 16.6. The normalized spacial score (nSPS) is 24.5. The lowest BCUT2D eigenvalue weighted by Gasteiger charge is -2.36. The second-order valence-electron chi connectivity index (χ2n) is 15.5. The van der Waals surface area contributed by atoms with Crippen LogP contribution in [0.2, 0.25) is 0 Å². The summed E-state index contributed by atoms with van der Waals surface area (Å²) in [5.74, 6) is -2.21. The Kier molecular flexibility index (Phi) is 9.52. The number of pyridine rings is 1. The van der Waals surface area contributed by atoms with Crippen LogP contribution in [-0.4, -0.2) is 83.2 Å². The van der Waals surface area contributed by atoms with Crippen LogP contribution in [0.3, 0.4) is 0 Å². The summed E-state index contributed by atoms with van der Waals surface area (Å²) in [6, 6.07) is 5.50. The zero-order valence-electron chi connectivity index (χ0n) is 29.2. The molecule has 3 N–H and O–H groups in total. The van der Waals surface area contributed by atoms with Gasteiger partial charge < -0.3 is 25.0 Å². The fourth-order valence-corrected chi connectivity index (χ4v) is 7.51. The van der Waals surface area contributed by atoms with Crippen molar-refractivity contribution in [3.05, 3.63) is 48.7 Å². The lowest BCUT2D eigenvalue weighted by atomic mass is 9.85. The number of benzene rings is 1. The molecule has 4 amide bonds. The van der Waals surface area contributed by atoms with Crippen LogP contribution in [0.5, 0.6) is 5.88 Å². The third-order valence-electron chi connectivity index (χ3n) is 9.03. The van der Waals surface area contributed by atoms with E-state index in [1.54, 1.807) is 47.7 Å². The lowest BCUT2D eigenvalue weighted by Crippen LogP contribution is -2.60. The van der Waals surface area contributed by atoms with Crippen LogP contribution in [0.25, 0.3) is 10.8 Å². The molecule has 2 saturated carbocycles. The second kappa shape index (κ2) is 12.9. The van der Waals surface area contributed by atoms with Crippen molar-refractivity contribution in [2.24, 2.45) is 11.3 Å². The summed E-state index contributed by atoms with van der Waals surface area (Å²) >= 11 is 0. The SMILES string of the molecule is C=C[C@@H]1C[C@]1(NC(=O)[C@H]1C[C@@H](Oc2nccc3ccc(C)cc23)CN1C(=O)[C@@H](NC(=O)OC(C)(C)C)C(C)(C)C)C(=O)NS(=O)(=O)C1CC1. The highest BCUT2D eigenvalue weighted by atomic mass is 32.2. The first kappa shape index (κ1) is 36.1. The Balaban J connectivity index is 1.44. The quantitative estimate of drug-likeness (QED) is 0.314. The molecule has 2 aromatic rings. The first-order chi connectivity index (χ1) is 22.7. The Labute approximate surface area is 287 Å². The van der Waals surface area contributed by atoms with Gasteiger partial charge in [-0.1, -0.05) is 44.5 Å². The number of rotatable bonds is 10. The van der Waals surface area contributed by atoms with E-state index in [-0.39, 0.29) is 19.4 Å². The van der Waals surface area contributed by atoms with Gasteiger partial charge in [0.05, 0.1) is 11.8 Å². The number of hydrogen-bond acceptors (Lipinski definition) is 9. The molecule has 0 unspecified atom stereocenters. The van der Waals surface area contributed by atoms with E-state index in [2.05, 4.69) is 26.9 Å². The molecule has 14 heteroatoms.